The second kappa shape index (κ2) is 6.54. The molecule has 2 aromatic rings. The van der Waals surface area contributed by atoms with Gasteiger partial charge in [0.25, 0.3) is 5.91 Å². The van der Waals surface area contributed by atoms with Crippen molar-refractivity contribution in [2.24, 2.45) is 0 Å². The number of benzene rings is 1. The summed E-state index contributed by atoms with van der Waals surface area (Å²) in [5.41, 5.74) is 3.70. The Morgan fingerprint density at radius 1 is 1.43 bits per heavy atom. The highest BCUT2D eigenvalue weighted by molar-refractivity contribution is 7.99. The molecule has 2 atom stereocenters. The highest BCUT2D eigenvalue weighted by Gasteiger charge is 2.21. The first-order chi connectivity index (χ1) is 9.97. The number of aryl methyl sites for hydroxylation is 2. The van der Waals surface area contributed by atoms with Crippen molar-refractivity contribution in [1.82, 2.24) is 10.3 Å². The molecular weight excluding hydrogens is 284 g/mol. The minimum atomic E-state index is -0.124. The average molecular weight is 306 g/mol. The maximum absolute atomic E-state index is 12.4. The molecule has 0 aliphatic rings. The van der Waals surface area contributed by atoms with E-state index in [9.17, 15) is 9.90 Å². The Morgan fingerprint density at radius 3 is 2.76 bits per heavy atom. The standard InChI is InChI=1S/C16H22N2O2S/c1-9-5-6-13-12(7-9)10(2)15(18-13)16(20)17-11(3)14(8-19)21-4/h5-7,11,14,18-19H,8H2,1-4H3,(H,17,20)/t11-,14+/m0/s1. The van der Waals surface area contributed by atoms with Gasteiger partial charge in [0.2, 0.25) is 0 Å². The van der Waals surface area contributed by atoms with Crippen molar-refractivity contribution < 1.29 is 9.90 Å². The van der Waals surface area contributed by atoms with E-state index >= 15 is 0 Å². The largest absolute Gasteiger partial charge is 0.395 e. The van der Waals surface area contributed by atoms with Crippen molar-refractivity contribution in [2.45, 2.75) is 32.1 Å². The minimum Gasteiger partial charge on any atom is -0.395 e. The van der Waals surface area contributed by atoms with Gasteiger partial charge in [-0.25, -0.2) is 0 Å². The molecule has 114 valence electrons. The highest BCUT2D eigenvalue weighted by Crippen LogP contribution is 2.23. The summed E-state index contributed by atoms with van der Waals surface area (Å²) in [6, 6.07) is 6.01. The van der Waals surface area contributed by atoms with E-state index in [1.165, 1.54) is 5.56 Å². The molecule has 5 heteroatoms. The molecular formula is C16H22N2O2S. The van der Waals surface area contributed by atoms with Gasteiger partial charge < -0.3 is 15.4 Å². The Balaban J connectivity index is 2.25. The van der Waals surface area contributed by atoms with Crippen LogP contribution in [0.1, 0.15) is 28.5 Å². The Kier molecular flexibility index (Phi) is 4.96. The number of hydrogen-bond donors (Lipinski definition) is 3. The first-order valence-corrected chi connectivity index (χ1v) is 8.30. The maximum atomic E-state index is 12.4. The first-order valence-electron chi connectivity index (χ1n) is 7.01. The predicted molar refractivity (Wildman–Crippen MR) is 89.1 cm³/mol. The van der Waals surface area contributed by atoms with Crippen LogP contribution >= 0.6 is 11.8 Å². The third-order valence-corrected chi connectivity index (χ3v) is 5.00. The molecule has 0 bridgehead atoms. The molecule has 4 nitrogen and oxygen atoms in total. The van der Waals surface area contributed by atoms with Crippen molar-refractivity contribution in [3.8, 4) is 0 Å². The van der Waals surface area contributed by atoms with Gasteiger partial charge in [0.15, 0.2) is 0 Å². The smallest absolute Gasteiger partial charge is 0.268 e. The Hall–Kier alpha value is -1.46. The number of fused-ring (bicyclic) bond motifs is 1. The van der Waals surface area contributed by atoms with Gasteiger partial charge in [0.1, 0.15) is 5.69 Å². The van der Waals surface area contributed by atoms with Crippen LogP contribution in [0.5, 0.6) is 0 Å². The van der Waals surface area contributed by atoms with E-state index in [0.717, 1.165) is 16.5 Å². The number of aromatic amines is 1. The van der Waals surface area contributed by atoms with Crippen LogP contribution in [0.3, 0.4) is 0 Å². The third-order valence-electron chi connectivity index (χ3n) is 3.84. The second-order valence-corrected chi connectivity index (χ2v) is 6.47. The quantitative estimate of drug-likeness (QED) is 0.795. The summed E-state index contributed by atoms with van der Waals surface area (Å²) >= 11 is 1.55. The number of H-pyrrole nitrogens is 1. The number of rotatable bonds is 5. The number of aromatic nitrogens is 1. The zero-order valence-corrected chi connectivity index (χ0v) is 13.7. The average Bonchev–Trinajstić information content (AvgIpc) is 2.77. The Bertz CT molecular complexity index is 647. The molecule has 0 unspecified atom stereocenters. The van der Waals surface area contributed by atoms with E-state index in [1.54, 1.807) is 11.8 Å². The van der Waals surface area contributed by atoms with Gasteiger partial charge in [-0.3, -0.25) is 4.79 Å². The topological polar surface area (TPSA) is 65.1 Å². The highest BCUT2D eigenvalue weighted by atomic mass is 32.2. The van der Waals surface area contributed by atoms with Crippen molar-refractivity contribution >= 4 is 28.6 Å². The summed E-state index contributed by atoms with van der Waals surface area (Å²) < 4.78 is 0. The predicted octanol–water partition coefficient (Wildman–Crippen LogP) is 2.63. The van der Waals surface area contributed by atoms with Crippen molar-refractivity contribution in [3.63, 3.8) is 0 Å². The fourth-order valence-electron chi connectivity index (χ4n) is 2.48. The number of amides is 1. The molecule has 0 spiro atoms. The summed E-state index contributed by atoms with van der Waals surface area (Å²) in [4.78, 5) is 15.6. The molecule has 2 rings (SSSR count). The lowest BCUT2D eigenvalue weighted by atomic mass is 10.1. The molecule has 0 aliphatic heterocycles. The second-order valence-electron chi connectivity index (χ2n) is 5.39. The molecule has 1 aromatic heterocycles. The van der Waals surface area contributed by atoms with Crippen LogP contribution in [0.2, 0.25) is 0 Å². The molecule has 1 heterocycles. The molecule has 0 saturated carbocycles. The molecule has 3 N–H and O–H groups in total. The number of thioether (sulfide) groups is 1. The number of aliphatic hydroxyl groups excluding tert-OH is 1. The van der Waals surface area contributed by atoms with E-state index < -0.39 is 0 Å². The fourth-order valence-corrected chi connectivity index (χ4v) is 3.10. The number of carbonyl (C=O) groups is 1. The van der Waals surface area contributed by atoms with Crippen LogP contribution in [-0.4, -0.2) is 40.2 Å². The van der Waals surface area contributed by atoms with Crippen molar-refractivity contribution in [3.05, 3.63) is 35.0 Å². The lowest BCUT2D eigenvalue weighted by molar-refractivity contribution is 0.0931. The van der Waals surface area contributed by atoms with Crippen LogP contribution in [0.25, 0.3) is 10.9 Å². The van der Waals surface area contributed by atoms with Gasteiger partial charge in [-0.2, -0.15) is 11.8 Å². The molecule has 0 aliphatic carbocycles. The number of carbonyl (C=O) groups excluding carboxylic acids is 1. The number of aliphatic hydroxyl groups is 1. The van der Waals surface area contributed by atoms with Gasteiger partial charge in [0.05, 0.1) is 6.61 Å². The molecule has 0 saturated heterocycles. The van der Waals surface area contributed by atoms with Gasteiger partial charge in [-0.15, -0.1) is 0 Å². The van der Waals surface area contributed by atoms with Crippen molar-refractivity contribution in [2.75, 3.05) is 12.9 Å². The Labute approximate surface area is 129 Å². The van der Waals surface area contributed by atoms with Crippen LogP contribution in [0, 0.1) is 13.8 Å². The van der Waals surface area contributed by atoms with E-state index in [2.05, 4.69) is 16.4 Å². The summed E-state index contributed by atoms with van der Waals surface area (Å²) in [6.07, 6.45) is 1.93. The van der Waals surface area contributed by atoms with Crippen LogP contribution < -0.4 is 5.32 Å². The summed E-state index contributed by atoms with van der Waals surface area (Å²) in [5, 5.41) is 13.3. The lowest BCUT2D eigenvalue weighted by Crippen LogP contribution is -2.41. The normalized spacial score (nSPS) is 14.1. The minimum absolute atomic E-state index is 0.000814. The number of hydrogen-bond acceptors (Lipinski definition) is 3. The Morgan fingerprint density at radius 2 is 2.14 bits per heavy atom. The van der Waals surface area contributed by atoms with Crippen LogP contribution in [0.15, 0.2) is 18.2 Å². The fraction of sp³-hybridized carbons (Fsp3) is 0.438. The SMILES string of the molecule is CS[C@H](CO)[C@H](C)NC(=O)c1[nH]c2ccc(C)cc2c1C. The molecule has 0 radical (unpaired) electrons. The van der Waals surface area contributed by atoms with Gasteiger partial charge in [-0.05, 0) is 44.7 Å². The first kappa shape index (κ1) is 15.9. The van der Waals surface area contributed by atoms with Gasteiger partial charge in [-0.1, -0.05) is 11.6 Å². The number of nitrogens with one attached hydrogen (secondary N) is 2. The van der Waals surface area contributed by atoms with Crippen LogP contribution in [-0.2, 0) is 0 Å². The summed E-state index contributed by atoms with van der Waals surface area (Å²) in [6.45, 7) is 5.96. The van der Waals surface area contributed by atoms with Gasteiger partial charge >= 0.3 is 0 Å². The zero-order chi connectivity index (χ0) is 15.6. The summed E-state index contributed by atoms with van der Waals surface area (Å²) in [7, 11) is 0. The molecule has 1 amide bonds. The van der Waals surface area contributed by atoms with Gasteiger partial charge in [0, 0.05) is 22.2 Å². The third kappa shape index (κ3) is 3.24. The van der Waals surface area contributed by atoms with Crippen LogP contribution in [0.4, 0.5) is 0 Å². The lowest BCUT2D eigenvalue weighted by Gasteiger charge is -2.21. The maximum Gasteiger partial charge on any atom is 0.268 e. The van der Waals surface area contributed by atoms with E-state index in [1.807, 2.05) is 39.2 Å². The van der Waals surface area contributed by atoms with E-state index in [-0.39, 0.29) is 23.8 Å². The summed E-state index contributed by atoms with van der Waals surface area (Å²) in [5.74, 6) is -0.124. The monoisotopic (exact) mass is 306 g/mol. The molecule has 0 fully saturated rings. The van der Waals surface area contributed by atoms with E-state index in [0.29, 0.717) is 5.69 Å². The zero-order valence-electron chi connectivity index (χ0n) is 12.9. The molecule has 1 aromatic carbocycles. The van der Waals surface area contributed by atoms with E-state index in [4.69, 9.17) is 0 Å². The van der Waals surface area contributed by atoms with Crippen molar-refractivity contribution in [1.29, 1.82) is 0 Å². The molecule has 21 heavy (non-hydrogen) atoms.